The number of nitrogens with one attached hydrogen (secondary N) is 1. The molecule has 0 atom stereocenters. The minimum atomic E-state index is -3.60. The van der Waals surface area contributed by atoms with Gasteiger partial charge in [-0.05, 0) is 63.1 Å². The first kappa shape index (κ1) is 22.0. The average Bonchev–Trinajstić information content (AvgIpc) is 3.31. The fraction of sp³-hybridized carbons (Fsp3) is 0.364. The molecule has 0 aromatic heterocycles. The molecule has 3 rings (SSSR count). The van der Waals surface area contributed by atoms with Gasteiger partial charge >= 0.3 is 0 Å². The summed E-state index contributed by atoms with van der Waals surface area (Å²) in [6.07, 6.45) is 1.70. The van der Waals surface area contributed by atoms with Gasteiger partial charge in [-0.15, -0.1) is 0 Å². The van der Waals surface area contributed by atoms with E-state index in [1.165, 1.54) is 16.4 Å². The molecule has 7 nitrogen and oxygen atoms in total. The lowest BCUT2D eigenvalue weighted by Crippen LogP contribution is -2.30. The van der Waals surface area contributed by atoms with Gasteiger partial charge in [-0.25, -0.2) is 8.42 Å². The highest BCUT2D eigenvalue weighted by Gasteiger charge is 2.27. The second-order valence-corrected chi connectivity index (χ2v) is 9.09. The van der Waals surface area contributed by atoms with Crippen LogP contribution in [0.15, 0.2) is 53.4 Å². The minimum absolute atomic E-state index is 0.102. The van der Waals surface area contributed by atoms with Crippen molar-refractivity contribution >= 4 is 27.5 Å². The van der Waals surface area contributed by atoms with Gasteiger partial charge in [0.1, 0.15) is 0 Å². The van der Waals surface area contributed by atoms with Crippen molar-refractivity contribution in [3.05, 3.63) is 59.7 Å². The molecule has 0 unspecified atom stereocenters. The Morgan fingerprint density at radius 3 is 2.27 bits per heavy atom. The van der Waals surface area contributed by atoms with E-state index in [9.17, 15) is 18.0 Å². The average molecular weight is 430 g/mol. The van der Waals surface area contributed by atoms with Crippen LogP contribution in [0, 0.1) is 0 Å². The van der Waals surface area contributed by atoms with Crippen LogP contribution in [0.25, 0.3) is 0 Å². The summed E-state index contributed by atoms with van der Waals surface area (Å²) in [6.45, 7) is 6.04. The highest BCUT2D eigenvalue weighted by atomic mass is 32.2. The Balaban J connectivity index is 1.79. The Hall–Kier alpha value is -2.71. The van der Waals surface area contributed by atoms with Crippen molar-refractivity contribution in [2.24, 2.45) is 0 Å². The van der Waals surface area contributed by atoms with E-state index in [1.54, 1.807) is 41.3 Å². The molecule has 160 valence electrons. The minimum Gasteiger partial charge on any atom is -0.339 e. The summed E-state index contributed by atoms with van der Waals surface area (Å²) in [5.41, 5.74) is 1.21. The zero-order valence-corrected chi connectivity index (χ0v) is 18.1. The number of carbonyl (C=O) groups excluding carboxylic acids is 2. The highest BCUT2D eigenvalue weighted by Crippen LogP contribution is 2.22. The fourth-order valence-corrected chi connectivity index (χ4v) is 5.07. The molecule has 0 radical (unpaired) electrons. The fourth-order valence-electron chi connectivity index (χ4n) is 3.50. The molecule has 1 aliphatic heterocycles. The maximum absolute atomic E-state index is 12.8. The third-order valence-electron chi connectivity index (χ3n) is 5.22. The smallest absolute Gasteiger partial charge is 0.255 e. The third kappa shape index (κ3) is 4.71. The van der Waals surface area contributed by atoms with E-state index in [1.807, 2.05) is 13.8 Å². The van der Waals surface area contributed by atoms with Crippen LogP contribution < -0.4 is 5.32 Å². The van der Waals surface area contributed by atoms with Gasteiger partial charge in [0.25, 0.3) is 11.8 Å². The molecule has 1 fully saturated rings. The van der Waals surface area contributed by atoms with Crippen LogP contribution in [0.3, 0.4) is 0 Å². The number of carbonyl (C=O) groups is 2. The third-order valence-corrected chi connectivity index (χ3v) is 7.11. The number of hydrogen-bond donors (Lipinski definition) is 1. The van der Waals surface area contributed by atoms with Crippen molar-refractivity contribution in [3.8, 4) is 0 Å². The monoisotopic (exact) mass is 429 g/mol. The Kier molecular flexibility index (Phi) is 6.89. The first-order chi connectivity index (χ1) is 14.4. The molecule has 30 heavy (non-hydrogen) atoms. The number of sulfonamides is 1. The summed E-state index contributed by atoms with van der Waals surface area (Å²) >= 11 is 0. The van der Waals surface area contributed by atoms with Crippen molar-refractivity contribution in [1.29, 1.82) is 0 Å². The summed E-state index contributed by atoms with van der Waals surface area (Å²) in [5.74, 6) is -0.532. The molecule has 0 spiro atoms. The number of rotatable bonds is 7. The van der Waals surface area contributed by atoms with Gasteiger partial charge in [0.05, 0.1) is 4.90 Å². The molecular weight excluding hydrogens is 402 g/mol. The van der Waals surface area contributed by atoms with Crippen molar-refractivity contribution in [2.75, 3.05) is 31.5 Å². The first-order valence-corrected chi connectivity index (χ1v) is 11.6. The zero-order valence-electron chi connectivity index (χ0n) is 17.3. The lowest BCUT2D eigenvalue weighted by molar-refractivity contribution is 0.0772. The van der Waals surface area contributed by atoms with Crippen LogP contribution in [0.2, 0.25) is 0 Å². The Labute approximate surface area is 177 Å². The van der Waals surface area contributed by atoms with Gasteiger partial charge in [-0.3, -0.25) is 9.59 Å². The molecule has 0 aliphatic carbocycles. The Morgan fingerprint density at radius 2 is 1.60 bits per heavy atom. The molecular formula is C22H27N3O4S. The van der Waals surface area contributed by atoms with Gasteiger partial charge in [-0.1, -0.05) is 12.1 Å². The number of benzene rings is 2. The molecule has 2 amide bonds. The SMILES string of the molecule is CCN(CC)C(=O)c1cccc(NC(=O)c2cccc(S(=O)(=O)N3CCCC3)c2)c1. The number of anilines is 1. The van der Waals surface area contributed by atoms with Crippen LogP contribution in [-0.4, -0.2) is 55.6 Å². The molecule has 0 bridgehead atoms. The van der Waals surface area contributed by atoms with E-state index in [-0.39, 0.29) is 16.4 Å². The predicted octanol–water partition coefficient (Wildman–Crippen LogP) is 3.21. The van der Waals surface area contributed by atoms with Crippen molar-refractivity contribution in [2.45, 2.75) is 31.6 Å². The van der Waals surface area contributed by atoms with Crippen LogP contribution in [0.1, 0.15) is 47.4 Å². The Bertz CT molecular complexity index is 1030. The molecule has 0 saturated carbocycles. The van der Waals surface area contributed by atoms with Crippen molar-refractivity contribution in [3.63, 3.8) is 0 Å². The Morgan fingerprint density at radius 1 is 0.967 bits per heavy atom. The number of amides is 2. The summed E-state index contributed by atoms with van der Waals surface area (Å²) < 4.78 is 27.0. The van der Waals surface area contributed by atoms with Crippen LogP contribution in [0.4, 0.5) is 5.69 Å². The molecule has 1 heterocycles. The summed E-state index contributed by atoms with van der Waals surface area (Å²) in [5, 5.41) is 2.76. The maximum Gasteiger partial charge on any atom is 0.255 e. The lowest BCUT2D eigenvalue weighted by atomic mass is 10.1. The maximum atomic E-state index is 12.8. The van der Waals surface area contributed by atoms with Gasteiger partial charge < -0.3 is 10.2 Å². The quantitative estimate of drug-likeness (QED) is 0.732. The summed E-state index contributed by atoms with van der Waals surface area (Å²) in [4.78, 5) is 27.1. The molecule has 1 N–H and O–H groups in total. The largest absolute Gasteiger partial charge is 0.339 e. The van der Waals surface area contributed by atoms with E-state index in [2.05, 4.69) is 5.32 Å². The normalized spacial score (nSPS) is 14.5. The van der Waals surface area contributed by atoms with Gasteiger partial charge in [0.15, 0.2) is 0 Å². The topological polar surface area (TPSA) is 86.8 Å². The van der Waals surface area contributed by atoms with E-state index in [0.717, 1.165) is 12.8 Å². The molecule has 2 aromatic carbocycles. The first-order valence-electron chi connectivity index (χ1n) is 10.2. The molecule has 2 aromatic rings. The summed E-state index contributed by atoms with van der Waals surface area (Å²) in [7, 11) is -3.60. The second-order valence-electron chi connectivity index (χ2n) is 7.15. The van der Waals surface area contributed by atoms with Gasteiger partial charge in [-0.2, -0.15) is 4.31 Å². The van der Waals surface area contributed by atoms with Crippen molar-refractivity contribution < 1.29 is 18.0 Å². The van der Waals surface area contributed by atoms with Gasteiger partial charge in [0, 0.05) is 43.0 Å². The van der Waals surface area contributed by atoms with E-state index in [4.69, 9.17) is 0 Å². The van der Waals surface area contributed by atoms with Crippen LogP contribution >= 0.6 is 0 Å². The van der Waals surface area contributed by atoms with E-state index in [0.29, 0.717) is 37.4 Å². The second kappa shape index (κ2) is 9.40. The van der Waals surface area contributed by atoms with E-state index >= 15 is 0 Å². The molecule has 8 heteroatoms. The highest BCUT2D eigenvalue weighted by molar-refractivity contribution is 7.89. The zero-order chi connectivity index (χ0) is 21.7. The summed E-state index contributed by atoms with van der Waals surface area (Å²) in [6, 6.07) is 12.8. The predicted molar refractivity (Wildman–Crippen MR) is 116 cm³/mol. The lowest BCUT2D eigenvalue weighted by Gasteiger charge is -2.19. The van der Waals surface area contributed by atoms with Crippen LogP contribution in [0.5, 0.6) is 0 Å². The molecule has 1 aliphatic rings. The molecule has 1 saturated heterocycles. The van der Waals surface area contributed by atoms with Gasteiger partial charge in [0.2, 0.25) is 10.0 Å². The number of hydrogen-bond acceptors (Lipinski definition) is 4. The van der Waals surface area contributed by atoms with Crippen LogP contribution in [-0.2, 0) is 10.0 Å². The van der Waals surface area contributed by atoms with Crippen molar-refractivity contribution in [1.82, 2.24) is 9.21 Å². The number of nitrogens with zero attached hydrogens (tertiary/aromatic N) is 2. The van der Waals surface area contributed by atoms with E-state index < -0.39 is 15.9 Å². The standard InChI is InChI=1S/C22H27N3O4S/c1-3-24(4-2)22(27)18-10-7-11-19(15-18)23-21(26)17-9-8-12-20(16-17)30(28,29)25-13-5-6-14-25/h7-12,15-16H,3-6,13-14H2,1-2H3,(H,23,26).